The van der Waals surface area contributed by atoms with Crippen molar-refractivity contribution in [3.63, 3.8) is 0 Å². The fraction of sp³-hybridized carbons (Fsp3) is 0.259. The Morgan fingerprint density at radius 1 is 0.824 bits per heavy atom. The molecule has 1 unspecified atom stereocenters. The van der Waals surface area contributed by atoms with Gasteiger partial charge in [0.25, 0.3) is 5.91 Å². The van der Waals surface area contributed by atoms with Gasteiger partial charge in [0.05, 0.1) is 10.6 Å². The van der Waals surface area contributed by atoms with Gasteiger partial charge in [-0.2, -0.15) is 0 Å². The standard InChI is InChI=1S/C27H27Cl2N3O2/c28-22-11-12-23(24(29)18-22)26(33)30-25(17-20-7-3-1-4-8-20)27(34)32-15-13-31(14-16-32)19-21-9-5-2-6-10-21/h1-12,18,25H,13-17,19H2,(H,30,33). The number of piperazine rings is 1. The summed E-state index contributed by atoms with van der Waals surface area (Å²) in [5.74, 6) is -0.472. The largest absolute Gasteiger partial charge is 0.340 e. The predicted octanol–water partition coefficient (Wildman–Crippen LogP) is 4.68. The molecule has 7 heteroatoms. The number of nitrogens with zero attached hydrogens (tertiary/aromatic N) is 2. The molecule has 1 heterocycles. The van der Waals surface area contributed by atoms with Gasteiger partial charge in [0.2, 0.25) is 5.91 Å². The first-order chi connectivity index (χ1) is 16.5. The van der Waals surface area contributed by atoms with Gasteiger partial charge in [-0.25, -0.2) is 0 Å². The number of carbonyl (C=O) groups excluding carboxylic acids is 2. The molecule has 5 nitrogen and oxygen atoms in total. The highest BCUT2D eigenvalue weighted by Crippen LogP contribution is 2.21. The van der Waals surface area contributed by atoms with Crippen LogP contribution < -0.4 is 5.32 Å². The van der Waals surface area contributed by atoms with E-state index in [1.807, 2.05) is 53.4 Å². The summed E-state index contributed by atoms with van der Waals surface area (Å²) >= 11 is 12.2. The normalized spacial score (nSPS) is 15.1. The van der Waals surface area contributed by atoms with Crippen molar-refractivity contribution in [3.05, 3.63) is 106 Å². The Morgan fingerprint density at radius 2 is 1.44 bits per heavy atom. The molecule has 3 aromatic carbocycles. The molecule has 0 aliphatic carbocycles. The predicted molar refractivity (Wildman–Crippen MR) is 136 cm³/mol. The van der Waals surface area contributed by atoms with Crippen molar-refractivity contribution in [2.45, 2.75) is 19.0 Å². The smallest absolute Gasteiger partial charge is 0.253 e. The van der Waals surface area contributed by atoms with Gasteiger partial charge >= 0.3 is 0 Å². The van der Waals surface area contributed by atoms with E-state index >= 15 is 0 Å². The van der Waals surface area contributed by atoms with Crippen LogP contribution in [0.1, 0.15) is 21.5 Å². The minimum absolute atomic E-state index is 0.0818. The monoisotopic (exact) mass is 495 g/mol. The van der Waals surface area contributed by atoms with E-state index in [4.69, 9.17) is 23.2 Å². The van der Waals surface area contributed by atoms with Crippen molar-refractivity contribution in [2.24, 2.45) is 0 Å². The zero-order valence-corrected chi connectivity index (χ0v) is 20.3. The highest BCUT2D eigenvalue weighted by Gasteiger charge is 2.29. The van der Waals surface area contributed by atoms with E-state index in [0.717, 1.165) is 25.2 Å². The van der Waals surface area contributed by atoms with Crippen molar-refractivity contribution >= 4 is 35.0 Å². The zero-order valence-electron chi connectivity index (χ0n) is 18.8. The quantitative estimate of drug-likeness (QED) is 0.517. The summed E-state index contributed by atoms with van der Waals surface area (Å²) in [6.45, 7) is 3.68. The van der Waals surface area contributed by atoms with Crippen LogP contribution in [0.5, 0.6) is 0 Å². The highest BCUT2D eigenvalue weighted by atomic mass is 35.5. The number of carbonyl (C=O) groups is 2. The van der Waals surface area contributed by atoms with Gasteiger partial charge in [0.15, 0.2) is 0 Å². The van der Waals surface area contributed by atoms with Crippen LogP contribution in [0.4, 0.5) is 0 Å². The third-order valence-electron chi connectivity index (χ3n) is 5.99. The first-order valence-electron chi connectivity index (χ1n) is 11.3. The van der Waals surface area contributed by atoms with Crippen LogP contribution in [0.15, 0.2) is 78.9 Å². The highest BCUT2D eigenvalue weighted by molar-refractivity contribution is 6.36. The Labute approximate surface area is 210 Å². The van der Waals surface area contributed by atoms with E-state index in [9.17, 15) is 9.59 Å². The van der Waals surface area contributed by atoms with Crippen LogP contribution >= 0.6 is 23.2 Å². The molecule has 2 amide bonds. The van der Waals surface area contributed by atoms with E-state index in [2.05, 4.69) is 22.3 Å². The van der Waals surface area contributed by atoms with Crippen molar-refractivity contribution in [1.82, 2.24) is 15.1 Å². The van der Waals surface area contributed by atoms with Crippen molar-refractivity contribution in [2.75, 3.05) is 26.2 Å². The molecule has 1 N–H and O–H groups in total. The summed E-state index contributed by atoms with van der Waals surface area (Å²) in [7, 11) is 0. The van der Waals surface area contributed by atoms with E-state index in [1.54, 1.807) is 12.1 Å². The lowest BCUT2D eigenvalue weighted by atomic mass is 10.0. The Morgan fingerprint density at radius 3 is 2.06 bits per heavy atom. The molecule has 3 aromatic rings. The molecule has 1 atom stereocenters. The molecule has 1 fully saturated rings. The SMILES string of the molecule is O=C(NC(Cc1ccccc1)C(=O)N1CCN(Cc2ccccc2)CC1)c1ccc(Cl)cc1Cl. The van der Waals surface area contributed by atoms with Gasteiger partial charge in [-0.05, 0) is 29.3 Å². The minimum Gasteiger partial charge on any atom is -0.340 e. The molecular formula is C27H27Cl2N3O2. The molecule has 176 valence electrons. The van der Waals surface area contributed by atoms with Gasteiger partial charge in [-0.3, -0.25) is 14.5 Å². The van der Waals surface area contributed by atoms with Gasteiger partial charge < -0.3 is 10.2 Å². The zero-order chi connectivity index (χ0) is 23.9. The Balaban J connectivity index is 1.44. The Hall–Kier alpha value is -2.86. The van der Waals surface area contributed by atoms with Crippen LogP contribution in [0.2, 0.25) is 10.0 Å². The number of nitrogens with one attached hydrogen (secondary N) is 1. The summed E-state index contributed by atoms with van der Waals surface area (Å²) < 4.78 is 0. The van der Waals surface area contributed by atoms with Crippen molar-refractivity contribution in [1.29, 1.82) is 0 Å². The molecule has 1 aliphatic rings. The average molecular weight is 496 g/mol. The lowest BCUT2D eigenvalue weighted by Crippen LogP contribution is -2.55. The second-order valence-corrected chi connectivity index (χ2v) is 9.27. The topological polar surface area (TPSA) is 52.7 Å². The lowest BCUT2D eigenvalue weighted by Gasteiger charge is -2.36. The van der Waals surface area contributed by atoms with Crippen LogP contribution in [0, 0.1) is 0 Å². The molecule has 0 bridgehead atoms. The third-order valence-corrected chi connectivity index (χ3v) is 6.54. The van der Waals surface area contributed by atoms with Crippen LogP contribution in [0.3, 0.4) is 0 Å². The minimum atomic E-state index is -0.692. The van der Waals surface area contributed by atoms with E-state index in [-0.39, 0.29) is 10.9 Å². The lowest BCUT2D eigenvalue weighted by molar-refractivity contribution is -0.135. The molecular weight excluding hydrogens is 469 g/mol. The van der Waals surface area contributed by atoms with Gasteiger partial charge in [-0.15, -0.1) is 0 Å². The van der Waals surface area contributed by atoms with Crippen molar-refractivity contribution in [3.8, 4) is 0 Å². The average Bonchev–Trinajstić information content (AvgIpc) is 2.85. The molecule has 34 heavy (non-hydrogen) atoms. The van der Waals surface area contributed by atoms with Gasteiger partial charge in [0.1, 0.15) is 6.04 Å². The summed E-state index contributed by atoms with van der Waals surface area (Å²) in [5.41, 5.74) is 2.53. The summed E-state index contributed by atoms with van der Waals surface area (Å²) in [4.78, 5) is 30.7. The molecule has 0 saturated carbocycles. The molecule has 0 aromatic heterocycles. The van der Waals surface area contributed by atoms with Crippen molar-refractivity contribution < 1.29 is 9.59 Å². The first-order valence-corrected chi connectivity index (χ1v) is 12.1. The van der Waals surface area contributed by atoms with E-state index in [1.165, 1.54) is 11.6 Å². The first kappa shape index (κ1) is 24.3. The maximum Gasteiger partial charge on any atom is 0.253 e. The Kier molecular flexibility index (Phi) is 8.22. The third kappa shape index (κ3) is 6.38. The molecule has 4 rings (SSSR count). The van der Waals surface area contributed by atoms with Crippen LogP contribution in [0.25, 0.3) is 0 Å². The summed E-state index contributed by atoms with van der Waals surface area (Å²) in [6, 6.07) is 24.0. The molecule has 0 spiro atoms. The van der Waals surface area contributed by atoms with Crippen LogP contribution in [-0.4, -0.2) is 53.8 Å². The van der Waals surface area contributed by atoms with Gasteiger partial charge in [-0.1, -0.05) is 83.9 Å². The van der Waals surface area contributed by atoms with E-state index < -0.39 is 11.9 Å². The van der Waals surface area contributed by atoms with Gasteiger partial charge in [0, 0.05) is 44.2 Å². The molecule has 1 saturated heterocycles. The summed E-state index contributed by atoms with van der Waals surface area (Å²) in [6.07, 6.45) is 0.404. The fourth-order valence-electron chi connectivity index (χ4n) is 4.15. The van der Waals surface area contributed by atoms with Crippen LogP contribution in [-0.2, 0) is 17.8 Å². The number of rotatable bonds is 7. The summed E-state index contributed by atoms with van der Waals surface area (Å²) in [5, 5.41) is 3.62. The maximum absolute atomic E-state index is 13.5. The second kappa shape index (κ2) is 11.5. The maximum atomic E-state index is 13.5. The van der Waals surface area contributed by atoms with E-state index in [0.29, 0.717) is 30.1 Å². The number of amides is 2. The Bertz CT molecular complexity index is 1120. The second-order valence-electron chi connectivity index (χ2n) is 8.43. The molecule has 0 radical (unpaired) electrons. The number of benzene rings is 3. The fourth-order valence-corrected chi connectivity index (χ4v) is 4.64. The number of hydrogen-bond donors (Lipinski definition) is 1. The molecule has 1 aliphatic heterocycles. The number of halogens is 2. The number of hydrogen-bond acceptors (Lipinski definition) is 3.